The second-order valence-electron chi connectivity index (χ2n) is 4.85. The highest BCUT2D eigenvalue weighted by Crippen LogP contribution is 2.25. The Labute approximate surface area is 131 Å². The molecule has 0 aliphatic rings. The van der Waals surface area contributed by atoms with E-state index in [1.807, 2.05) is 4.72 Å². The average Bonchev–Trinajstić information content (AvgIpc) is 2.42. The van der Waals surface area contributed by atoms with E-state index < -0.39 is 45.0 Å². The smallest absolute Gasteiger partial charge is 0.480 e. The number of carboxylic acid groups (broad SMARTS) is 1. The van der Waals surface area contributed by atoms with Gasteiger partial charge in [0.05, 0.1) is 4.90 Å². The van der Waals surface area contributed by atoms with Gasteiger partial charge in [-0.3, -0.25) is 4.79 Å². The molecule has 0 amide bonds. The van der Waals surface area contributed by atoms with Crippen LogP contribution < -0.4 is 9.46 Å². The zero-order valence-corrected chi connectivity index (χ0v) is 13.1. The third-order valence-electron chi connectivity index (χ3n) is 3.11. The number of aliphatic carboxylic acids is 1. The Bertz CT molecular complexity index is 660. The molecule has 2 N–H and O–H groups in total. The number of benzene rings is 1. The summed E-state index contributed by atoms with van der Waals surface area (Å²) in [7, 11) is -4.32. The Kier molecular flexibility index (Phi) is 6.00. The van der Waals surface area contributed by atoms with E-state index in [-0.39, 0.29) is 0 Å². The summed E-state index contributed by atoms with van der Waals surface area (Å²) in [6.07, 6.45) is -4.56. The van der Waals surface area contributed by atoms with Crippen LogP contribution in [0.3, 0.4) is 0 Å². The van der Waals surface area contributed by atoms with Crippen LogP contribution in [0, 0.1) is 5.92 Å². The Morgan fingerprint density at radius 2 is 2.00 bits per heavy atom. The van der Waals surface area contributed by atoms with Crippen molar-refractivity contribution in [1.82, 2.24) is 4.72 Å². The molecule has 0 bridgehead atoms. The predicted molar refractivity (Wildman–Crippen MR) is 74.3 cm³/mol. The number of hydrogen-bond acceptors (Lipinski definition) is 4. The van der Waals surface area contributed by atoms with Gasteiger partial charge in [-0.15, -0.1) is 13.2 Å². The Morgan fingerprint density at radius 3 is 2.48 bits per heavy atom. The summed E-state index contributed by atoms with van der Waals surface area (Å²) in [5.74, 6) is -2.58. The summed E-state index contributed by atoms with van der Waals surface area (Å²) in [6.45, 7) is 3.23. The Hall–Kier alpha value is -1.81. The van der Waals surface area contributed by atoms with Crippen LogP contribution in [0.15, 0.2) is 29.2 Å². The van der Waals surface area contributed by atoms with Gasteiger partial charge in [-0.1, -0.05) is 26.3 Å². The normalized spacial score (nSPS) is 15.0. The molecule has 0 heterocycles. The maximum absolute atomic E-state index is 12.2. The number of sulfonamides is 1. The van der Waals surface area contributed by atoms with Gasteiger partial charge < -0.3 is 9.84 Å². The second kappa shape index (κ2) is 7.18. The van der Waals surface area contributed by atoms with Crippen LogP contribution >= 0.6 is 0 Å². The number of carbonyl (C=O) groups is 1. The maximum Gasteiger partial charge on any atom is 0.573 e. The van der Waals surface area contributed by atoms with Crippen LogP contribution in [0.1, 0.15) is 20.3 Å². The van der Waals surface area contributed by atoms with E-state index in [0.717, 1.165) is 18.2 Å². The minimum absolute atomic E-state index is 0.400. The largest absolute Gasteiger partial charge is 0.573 e. The molecule has 6 nitrogen and oxygen atoms in total. The summed E-state index contributed by atoms with van der Waals surface area (Å²) in [5.41, 5.74) is 0. The molecule has 0 fully saturated rings. The van der Waals surface area contributed by atoms with Gasteiger partial charge in [-0.25, -0.2) is 8.42 Å². The molecule has 1 aromatic carbocycles. The van der Waals surface area contributed by atoms with Gasteiger partial charge in [-0.2, -0.15) is 4.72 Å². The molecular weight excluding hydrogens is 339 g/mol. The predicted octanol–water partition coefficient (Wildman–Crippen LogP) is 2.36. The second-order valence-corrected chi connectivity index (χ2v) is 6.56. The van der Waals surface area contributed by atoms with Crippen LogP contribution in [-0.4, -0.2) is 31.9 Å². The number of halogens is 3. The van der Waals surface area contributed by atoms with Crippen molar-refractivity contribution in [3.05, 3.63) is 24.3 Å². The van der Waals surface area contributed by atoms with Crippen molar-refractivity contribution in [2.75, 3.05) is 0 Å². The number of hydrogen-bond donors (Lipinski definition) is 2. The van der Waals surface area contributed by atoms with Crippen molar-refractivity contribution in [3.8, 4) is 5.75 Å². The maximum atomic E-state index is 12.2. The molecule has 0 aromatic heterocycles. The lowest BCUT2D eigenvalue weighted by Gasteiger charge is -2.20. The van der Waals surface area contributed by atoms with Crippen molar-refractivity contribution in [1.29, 1.82) is 0 Å². The van der Waals surface area contributed by atoms with Crippen LogP contribution in [0.4, 0.5) is 13.2 Å². The first kappa shape index (κ1) is 19.2. The van der Waals surface area contributed by atoms with Gasteiger partial charge in [0, 0.05) is 6.07 Å². The molecule has 0 saturated heterocycles. The Balaban J connectivity index is 3.08. The van der Waals surface area contributed by atoms with Crippen LogP contribution in [0.5, 0.6) is 5.75 Å². The van der Waals surface area contributed by atoms with E-state index in [4.69, 9.17) is 5.11 Å². The molecule has 0 radical (unpaired) electrons. The number of alkyl halides is 3. The highest BCUT2D eigenvalue weighted by molar-refractivity contribution is 7.89. The van der Waals surface area contributed by atoms with Gasteiger partial charge in [-0.05, 0) is 18.1 Å². The summed E-state index contributed by atoms with van der Waals surface area (Å²) < 4.78 is 66.5. The molecule has 0 spiro atoms. The summed E-state index contributed by atoms with van der Waals surface area (Å²) >= 11 is 0. The molecule has 0 saturated carbocycles. The van der Waals surface area contributed by atoms with Crippen molar-refractivity contribution < 1.29 is 36.2 Å². The number of ether oxygens (including phenoxy) is 1. The monoisotopic (exact) mass is 355 g/mol. The molecule has 10 heteroatoms. The van der Waals surface area contributed by atoms with Gasteiger partial charge in [0.25, 0.3) is 0 Å². The molecule has 0 unspecified atom stereocenters. The fraction of sp³-hybridized carbons (Fsp3) is 0.462. The zero-order chi connectivity index (χ0) is 17.8. The van der Waals surface area contributed by atoms with E-state index in [1.54, 1.807) is 13.8 Å². The van der Waals surface area contributed by atoms with E-state index in [0.29, 0.717) is 12.5 Å². The number of nitrogens with one attached hydrogen (secondary N) is 1. The van der Waals surface area contributed by atoms with Crippen molar-refractivity contribution in [2.45, 2.75) is 37.6 Å². The summed E-state index contributed by atoms with van der Waals surface area (Å²) in [6, 6.07) is 2.33. The van der Waals surface area contributed by atoms with Gasteiger partial charge in [0.2, 0.25) is 10.0 Å². The standard InChI is InChI=1S/C13H16F3NO5S/c1-3-8(2)11(12(18)19)17-23(20,21)10-6-4-5-9(7-10)22-13(14,15)16/h4-8,11,17H,3H2,1-2H3,(H,18,19)/t8-,11-/m0/s1. The molecule has 0 aliphatic heterocycles. The van der Waals surface area contributed by atoms with E-state index in [2.05, 4.69) is 4.74 Å². The molecular formula is C13H16F3NO5S. The highest BCUT2D eigenvalue weighted by atomic mass is 32.2. The van der Waals surface area contributed by atoms with E-state index in [1.165, 1.54) is 0 Å². The van der Waals surface area contributed by atoms with Crippen molar-refractivity contribution in [2.24, 2.45) is 5.92 Å². The van der Waals surface area contributed by atoms with Gasteiger partial charge in [0.15, 0.2) is 0 Å². The average molecular weight is 355 g/mol. The SMILES string of the molecule is CC[C@H](C)[C@H](NS(=O)(=O)c1cccc(OC(F)(F)F)c1)C(=O)O. The number of rotatable bonds is 7. The van der Waals surface area contributed by atoms with Crippen molar-refractivity contribution >= 4 is 16.0 Å². The molecule has 130 valence electrons. The molecule has 23 heavy (non-hydrogen) atoms. The topological polar surface area (TPSA) is 92.7 Å². The zero-order valence-electron chi connectivity index (χ0n) is 12.3. The van der Waals surface area contributed by atoms with Crippen LogP contribution in [0.25, 0.3) is 0 Å². The minimum atomic E-state index is -4.96. The van der Waals surface area contributed by atoms with Gasteiger partial charge in [0.1, 0.15) is 11.8 Å². The van der Waals surface area contributed by atoms with Crippen LogP contribution in [-0.2, 0) is 14.8 Å². The van der Waals surface area contributed by atoms with Crippen molar-refractivity contribution in [3.63, 3.8) is 0 Å². The first-order chi connectivity index (χ1) is 10.5. The molecule has 0 aliphatic carbocycles. The van der Waals surface area contributed by atoms with E-state index in [9.17, 15) is 26.4 Å². The number of carboxylic acids is 1. The summed E-state index contributed by atoms with van der Waals surface area (Å²) in [5, 5.41) is 9.09. The fourth-order valence-corrected chi connectivity index (χ4v) is 3.05. The lowest BCUT2D eigenvalue weighted by molar-refractivity contribution is -0.274. The third-order valence-corrected chi connectivity index (χ3v) is 4.55. The van der Waals surface area contributed by atoms with Gasteiger partial charge >= 0.3 is 12.3 Å². The fourth-order valence-electron chi connectivity index (χ4n) is 1.72. The quantitative estimate of drug-likeness (QED) is 0.783. The lowest BCUT2D eigenvalue weighted by Crippen LogP contribution is -2.44. The first-order valence-electron chi connectivity index (χ1n) is 6.57. The first-order valence-corrected chi connectivity index (χ1v) is 8.05. The molecule has 2 atom stereocenters. The Morgan fingerprint density at radius 1 is 1.39 bits per heavy atom. The van der Waals surface area contributed by atoms with Crippen LogP contribution in [0.2, 0.25) is 0 Å². The molecule has 1 rings (SSSR count). The summed E-state index contributed by atoms with van der Waals surface area (Å²) in [4.78, 5) is 10.6. The highest BCUT2D eigenvalue weighted by Gasteiger charge is 2.32. The molecule has 1 aromatic rings. The minimum Gasteiger partial charge on any atom is -0.480 e. The lowest BCUT2D eigenvalue weighted by atomic mass is 10.0. The third kappa shape index (κ3) is 5.71. The van der Waals surface area contributed by atoms with E-state index >= 15 is 0 Å².